The van der Waals surface area contributed by atoms with E-state index in [1.807, 2.05) is 78.9 Å². The van der Waals surface area contributed by atoms with Crippen LogP contribution in [0.25, 0.3) is 0 Å². The molecule has 0 spiro atoms. The van der Waals surface area contributed by atoms with Crippen LogP contribution in [0.2, 0.25) is 10.0 Å². The van der Waals surface area contributed by atoms with Gasteiger partial charge in [-0.2, -0.15) is 0 Å². The fraction of sp³-hybridized carbons (Fsp3) is 0.136. The molecule has 0 bridgehead atoms. The lowest BCUT2D eigenvalue weighted by Crippen LogP contribution is -2.23. The Morgan fingerprint density at radius 2 is 1.30 bits per heavy atom. The van der Waals surface area contributed by atoms with Crippen LogP contribution in [-0.4, -0.2) is 11.2 Å². The third-order valence-electron chi connectivity index (χ3n) is 3.92. The van der Waals surface area contributed by atoms with Crippen molar-refractivity contribution in [2.75, 3.05) is 0 Å². The molecular formula is C22H18Cl2O2S. The highest BCUT2D eigenvalue weighted by Gasteiger charge is 2.25. The molecule has 3 aromatic carbocycles. The topological polar surface area (TPSA) is 26.3 Å². The molecule has 1 unspecified atom stereocenters. The number of hydrogen-bond acceptors (Lipinski definition) is 3. The van der Waals surface area contributed by atoms with Crippen molar-refractivity contribution in [3.8, 4) is 5.75 Å². The Balaban J connectivity index is 1.92. The summed E-state index contributed by atoms with van der Waals surface area (Å²) in [6.07, 6.45) is 0. The number of Topliss-reactive ketones (excluding diaryl/α,β-unsaturated/α-hetero) is 1. The molecule has 0 aliphatic carbocycles. The van der Waals surface area contributed by atoms with Gasteiger partial charge < -0.3 is 4.74 Å². The van der Waals surface area contributed by atoms with Gasteiger partial charge in [-0.15, -0.1) is 0 Å². The predicted molar refractivity (Wildman–Crippen MR) is 114 cm³/mol. The second kappa shape index (κ2) is 9.32. The number of ether oxygens (including phenoxy) is 1. The van der Waals surface area contributed by atoms with Gasteiger partial charge in [0.05, 0.1) is 5.25 Å². The largest absolute Gasteiger partial charge is 0.472 e. The van der Waals surface area contributed by atoms with Crippen molar-refractivity contribution in [3.63, 3.8) is 0 Å². The fourth-order valence-electron chi connectivity index (χ4n) is 2.58. The van der Waals surface area contributed by atoms with Crippen LogP contribution in [0.1, 0.15) is 23.3 Å². The molecule has 0 heterocycles. The zero-order valence-electron chi connectivity index (χ0n) is 14.6. The van der Waals surface area contributed by atoms with Gasteiger partial charge in [-0.1, -0.05) is 77.4 Å². The van der Waals surface area contributed by atoms with E-state index in [0.29, 0.717) is 15.8 Å². The van der Waals surface area contributed by atoms with Crippen molar-refractivity contribution in [1.29, 1.82) is 0 Å². The Labute approximate surface area is 173 Å². The standard InChI is InChI=1S/C22H18Cl2O2S/c1-15(25)22(26-20-5-3-2-4-6-20)27-21(16-7-11-18(23)12-8-16)17-9-13-19(24)14-10-17/h2-14,21-22H,1H3. The smallest absolute Gasteiger partial charge is 0.203 e. The molecule has 0 N–H and O–H groups in total. The summed E-state index contributed by atoms with van der Waals surface area (Å²) < 4.78 is 5.96. The summed E-state index contributed by atoms with van der Waals surface area (Å²) in [7, 11) is 0. The van der Waals surface area contributed by atoms with Crippen molar-refractivity contribution in [2.45, 2.75) is 17.6 Å². The van der Waals surface area contributed by atoms with Crippen molar-refractivity contribution < 1.29 is 9.53 Å². The highest BCUT2D eigenvalue weighted by molar-refractivity contribution is 8.00. The van der Waals surface area contributed by atoms with Crippen LogP contribution in [0.4, 0.5) is 0 Å². The summed E-state index contributed by atoms with van der Waals surface area (Å²) >= 11 is 13.5. The first-order chi connectivity index (χ1) is 13.0. The van der Waals surface area contributed by atoms with Gasteiger partial charge in [-0.25, -0.2) is 0 Å². The molecule has 2 nitrogen and oxygen atoms in total. The third-order valence-corrected chi connectivity index (χ3v) is 5.92. The van der Waals surface area contributed by atoms with Gasteiger partial charge in [0.15, 0.2) is 5.78 Å². The van der Waals surface area contributed by atoms with Crippen LogP contribution in [-0.2, 0) is 4.79 Å². The van der Waals surface area contributed by atoms with Crippen molar-refractivity contribution in [1.82, 2.24) is 0 Å². The second-order valence-corrected chi connectivity index (χ2v) is 8.04. The molecule has 5 heteroatoms. The Bertz CT molecular complexity index is 835. The van der Waals surface area contributed by atoms with E-state index in [-0.39, 0.29) is 11.0 Å². The monoisotopic (exact) mass is 416 g/mol. The number of ketones is 1. The number of carbonyl (C=O) groups excluding carboxylic acids is 1. The minimum atomic E-state index is -0.635. The van der Waals surface area contributed by atoms with Gasteiger partial charge >= 0.3 is 0 Å². The zero-order valence-corrected chi connectivity index (χ0v) is 17.0. The van der Waals surface area contributed by atoms with Crippen LogP contribution >= 0.6 is 35.0 Å². The number of thioether (sulfide) groups is 1. The van der Waals surface area contributed by atoms with Gasteiger partial charge in [0.1, 0.15) is 5.75 Å². The molecule has 3 aromatic rings. The third kappa shape index (κ3) is 5.52. The lowest BCUT2D eigenvalue weighted by molar-refractivity contribution is -0.120. The van der Waals surface area contributed by atoms with E-state index in [1.165, 1.54) is 11.8 Å². The molecule has 0 saturated heterocycles. The van der Waals surface area contributed by atoms with Crippen LogP contribution in [0, 0.1) is 0 Å². The van der Waals surface area contributed by atoms with E-state index in [9.17, 15) is 4.79 Å². The first kappa shape index (κ1) is 19.8. The molecule has 3 rings (SSSR count). The highest BCUT2D eigenvalue weighted by atomic mass is 35.5. The molecule has 0 aliphatic heterocycles. The minimum Gasteiger partial charge on any atom is -0.472 e. The molecular weight excluding hydrogens is 399 g/mol. The van der Waals surface area contributed by atoms with E-state index in [1.54, 1.807) is 6.92 Å². The van der Waals surface area contributed by atoms with E-state index in [4.69, 9.17) is 27.9 Å². The van der Waals surface area contributed by atoms with Crippen molar-refractivity contribution in [3.05, 3.63) is 100 Å². The summed E-state index contributed by atoms with van der Waals surface area (Å²) in [5.41, 5.74) is 1.44. The Hall–Kier alpha value is -1.94. The lowest BCUT2D eigenvalue weighted by Gasteiger charge is -2.23. The van der Waals surface area contributed by atoms with Crippen LogP contribution < -0.4 is 4.74 Å². The van der Waals surface area contributed by atoms with Crippen molar-refractivity contribution in [2.24, 2.45) is 0 Å². The lowest BCUT2D eigenvalue weighted by atomic mass is 10.0. The molecule has 0 amide bonds. The maximum atomic E-state index is 12.3. The summed E-state index contributed by atoms with van der Waals surface area (Å²) in [6, 6.07) is 24.6. The van der Waals surface area contributed by atoms with Crippen LogP contribution in [0.15, 0.2) is 78.9 Å². The van der Waals surface area contributed by atoms with Crippen LogP contribution in [0.5, 0.6) is 5.75 Å². The second-order valence-electron chi connectivity index (χ2n) is 5.99. The number of rotatable bonds is 7. The van der Waals surface area contributed by atoms with Gasteiger partial charge in [-0.05, 0) is 54.4 Å². The average molecular weight is 417 g/mol. The molecule has 0 aromatic heterocycles. The maximum Gasteiger partial charge on any atom is 0.203 e. The van der Waals surface area contributed by atoms with Gasteiger partial charge in [0, 0.05) is 10.0 Å². The fourth-order valence-corrected chi connectivity index (χ4v) is 4.06. The van der Waals surface area contributed by atoms with Crippen molar-refractivity contribution >= 4 is 40.7 Å². The Morgan fingerprint density at radius 1 is 0.815 bits per heavy atom. The first-order valence-corrected chi connectivity index (χ1v) is 10.1. The first-order valence-electron chi connectivity index (χ1n) is 8.41. The van der Waals surface area contributed by atoms with Gasteiger partial charge in [-0.3, -0.25) is 4.79 Å². The van der Waals surface area contributed by atoms with E-state index in [2.05, 4.69) is 0 Å². The molecule has 0 fully saturated rings. The number of para-hydroxylation sites is 1. The molecule has 27 heavy (non-hydrogen) atoms. The number of hydrogen-bond donors (Lipinski definition) is 0. The van der Waals surface area contributed by atoms with Gasteiger partial charge in [0.25, 0.3) is 0 Å². The quantitative estimate of drug-likeness (QED) is 0.395. The highest BCUT2D eigenvalue weighted by Crippen LogP contribution is 2.40. The summed E-state index contributed by atoms with van der Waals surface area (Å²) in [5.74, 6) is 0.618. The normalized spacial score (nSPS) is 12.0. The molecule has 0 aliphatic rings. The molecule has 1 atom stereocenters. The molecule has 138 valence electrons. The summed E-state index contributed by atoms with van der Waals surface area (Å²) in [4.78, 5) is 12.3. The molecule has 0 saturated carbocycles. The summed E-state index contributed by atoms with van der Waals surface area (Å²) in [6.45, 7) is 1.54. The van der Waals surface area contributed by atoms with E-state index in [0.717, 1.165) is 11.1 Å². The summed E-state index contributed by atoms with van der Waals surface area (Å²) in [5, 5.41) is 1.24. The molecule has 0 radical (unpaired) electrons. The maximum absolute atomic E-state index is 12.3. The zero-order chi connectivity index (χ0) is 19.2. The van der Waals surface area contributed by atoms with E-state index < -0.39 is 5.44 Å². The number of benzene rings is 3. The minimum absolute atomic E-state index is 0.0446. The SMILES string of the molecule is CC(=O)C(Oc1ccccc1)SC(c1ccc(Cl)cc1)c1ccc(Cl)cc1. The van der Waals surface area contributed by atoms with E-state index >= 15 is 0 Å². The average Bonchev–Trinajstić information content (AvgIpc) is 2.67. The number of halogens is 2. The Morgan fingerprint density at radius 3 is 1.74 bits per heavy atom. The van der Waals surface area contributed by atoms with Crippen LogP contribution in [0.3, 0.4) is 0 Å². The predicted octanol–water partition coefficient (Wildman–Crippen LogP) is 6.81. The van der Waals surface area contributed by atoms with Gasteiger partial charge in [0.2, 0.25) is 5.44 Å². The number of carbonyl (C=O) groups is 1. The Kier molecular flexibility index (Phi) is 6.84.